The summed E-state index contributed by atoms with van der Waals surface area (Å²) in [7, 11) is 2.16. The highest BCUT2D eigenvalue weighted by atomic mass is 15.2. The third-order valence-corrected chi connectivity index (χ3v) is 2.74. The lowest BCUT2D eigenvalue weighted by atomic mass is 10.2. The van der Waals surface area contributed by atoms with E-state index in [2.05, 4.69) is 23.4 Å². The van der Waals surface area contributed by atoms with Crippen LogP contribution in [-0.4, -0.2) is 55.6 Å². The van der Waals surface area contributed by atoms with Gasteiger partial charge in [0.15, 0.2) is 0 Å². The van der Waals surface area contributed by atoms with Gasteiger partial charge in [-0.25, -0.2) is 0 Å². The molecule has 1 heterocycles. The first-order valence-corrected chi connectivity index (χ1v) is 5.01. The summed E-state index contributed by atoms with van der Waals surface area (Å²) >= 11 is 0. The highest BCUT2D eigenvalue weighted by molar-refractivity contribution is 4.85. The van der Waals surface area contributed by atoms with Crippen molar-refractivity contribution in [2.75, 3.05) is 39.8 Å². The molecule has 0 aromatic rings. The highest BCUT2D eigenvalue weighted by Gasteiger charge is 2.23. The molecule has 3 nitrogen and oxygen atoms in total. The first-order chi connectivity index (χ1) is 6.27. The summed E-state index contributed by atoms with van der Waals surface area (Å²) in [5.74, 6) is 0. The second-order valence-corrected chi connectivity index (χ2v) is 3.76. The van der Waals surface area contributed by atoms with E-state index in [9.17, 15) is 0 Å². The lowest BCUT2D eigenvalue weighted by Gasteiger charge is -2.23. The van der Waals surface area contributed by atoms with Crippen LogP contribution in [0.4, 0.5) is 0 Å². The minimum Gasteiger partial charge on any atom is -0.329 e. The number of nitrogens with zero attached hydrogens (tertiary/aromatic N) is 2. The molecule has 13 heavy (non-hydrogen) atoms. The van der Waals surface area contributed by atoms with Crippen LogP contribution in [0.2, 0.25) is 0 Å². The van der Waals surface area contributed by atoms with Crippen molar-refractivity contribution in [3.05, 3.63) is 12.7 Å². The van der Waals surface area contributed by atoms with Crippen molar-refractivity contribution in [2.24, 2.45) is 5.73 Å². The molecular formula is C10H21N3. The molecule has 2 N–H and O–H groups in total. The molecule has 1 atom stereocenters. The van der Waals surface area contributed by atoms with Crippen LogP contribution in [-0.2, 0) is 0 Å². The molecule has 1 saturated heterocycles. The fraction of sp³-hybridized carbons (Fsp3) is 0.800. The maximum Gasteiger partial charge on any atom is 0.0232 e. The van der Waals surface area contributed by atoms with E-state index in [1.807, 2.05) is 6.08 Å². The van der Waals surface area contributed by atoms with E-state index in [1.165, 1.54) is 19.5 Å². The maximum atomic E-state index is 5.52. The fourth-order valence-corrected chi connectivity index (χ4v) is 1.91. The largest absolute Gasteiger partial charge is 0.329 e. The Hall–Kier alpha value is -0.380. The van der Waals surface area contributed by atoms with Gasteiger partial charge in [-0.05, 0) is 13.5 Å². The summed E-state index contributed by atoms with van der Waals surface area (Å²) in [5, 5.41) is 0. The van der Waals surface area contributed by atoms with Crippen LogP contribution in [0.15, 0.2) is 12.7 Å². The van der Waals surface area contributed by atoms with Crippen LogP contribution in [0.25, 0.3) is 0 Å². The SMILES string of the molecule is C=CCN1CCC(N(C)CCN)C1. The third-order valence-electron chi connectivity index (χ3n) is 2.74. The topological polar surface area (TPSA) is 32.5 Å². The summed E-state index contributed by atoms with van der Waals surface area (Å²) in [6, 6.07) is 0.698. The fourth-order valence-electron chi connectivity index (χ4n) is 1.91. The molecule has 1 fully saturated rings. The van der Waals surface area contributed by atoms with Crippen LogP contribution in [0.5, 0.6) is 0 Å². The highest BCUT2D eigenvalue weighted by Crippen LogP contribution is 2.13. The second-order valence-electron chi connectivity index (χ2n) is 3.76. The smallest absolute Gasteiger partial charge is 0.0232 e. The van der Waals surface area contributed by atoms with Crippen LogP contribution < -0.4 is 5.73 Å². The molecule has 0 aliphatic carbocycles. The molecule has 0 radical (unpaired) electrons. The third kappa shape index (κ3) is 3.10. The van der Waals surface area contributed by atoms with Gasteiger partial charge in [0.25, 0.3) is 0 Å². The van der Waals surface area contributed by atoms with Crippen molar-refractivity contribution < 1.29 is 0 Å². The number of hydrogen-bond acceptors (Lipinski definition) is 3. The quantitative estimate of drug-likeness (QED) is 0.615. The Morgan fingerprint density at radius 3 is 3.08 bits per heavy atom. The van der Waals surface area contributed by atoms with E-state index in [0.717, 1.165) is 19.6 Å². The van der Waals surface area contributed by atoms with E-state index in [0.29, 0.717) is 6.04 Å². The van der Waals surface area contributed by atoms with Gasteiger partial charge >= 0.3 is 0 Å². The van der Waals surface area contributed by atoms with E-state index >= 15 is 0 Å². The predicted octanol–water partition coefficient (Wildman–Crippen LogP) is 0.137. The van der Waals surface area contributed by atoms with E-state index in [-0.39, 0.29) is 0 Å². The summed E-state index contributed by atoms with van der Waals surface area (Å²) in [6.07, 6.45) is 3.25. The first kappa shape index (κ1) is 10.7. The molecular weight excluding hydrogens is 162 g/mol. The zero-order chi connectivity index (χ0) is 9.68. The van der Waals surface area contributed by atoms with Gasteiger partial charge in [0.2, 0.25) is 0 Å². The Morgan fingerprint density at radius 1 is 1.69 bits per heavy atom. The number of hydrogen-bond donors (Lipinski definition) is 1. The number of rotatable bonds is 5. The summed E-state index contributed by atoms with van der Waals surface area (Å²) < 4.78 is 0. The van der Waals surface area contributed by atoms with Crippen molar-refractivity contribution in [2.45, 2.75) is 12.5 Å². The molecule has 3 heteroatoms. The van der Waals surface area contributed by atoms with Crippen molar-refractivity contribution in [3.8, 4) is 0 Å². The van der Waals surface area contributed by atoms with Gasteiger partial charge < -0.3 is 10.6 Å². The van der Waals surface area contributed by atoms with Crippen LogP contribution >= 0.6 is 0 Å². The predicted molar refractivity (Wildman–Crippen MR) is 56.7 cm³/mol. The average Bonchev–Trinajstić information content (AvgIpc) is 2.54. The molecule has 1 unspecified atom stereocenters. The van der Waals surface area contributed by atoms with E-state index in [4.69, 9.17) is 5.73 Å². The average molecular weight is 183 g/mol. The maximum absolute atomic E-state index is 5.52. The first-order valence-electron chi connectivity index (χ1n) is 5.01. The summed E-state index contributed by atoms with van der Waals surface area (Å²) in [6.45, 7) is 8.91. The zero-order valence-electron chi connectivity index (χ0n) is 8.58. The number of likely N-dealkylation sites (N-methyl/N-ethyl adjacent to an activating group) is 1. The Kier molecular flexibility index (Phi) is 4.42. The number of nitrogens with two attached hydrogens (primary N) is 1. The lowest BCUT2D eigenvalue weighted by molar-refractivity contribution is 0.243. The van der Waals surface area contributed by atoms with Gasteiger partial charge in [0.05, 0.1) is 0 Å². The summed E-state index contributed by atoms with van der Waals surface area (Å²) in [5.41, 5.74) is 5.52. The molecule has 0 aromatic heterocycles. The van der Waals surface area contributed by atoms with Crippen molar-refractivity contribution in [1.29, 1.82) is 0 Å². The van der Waals surface area contributed by atoms with Gasteiger partial charge in [-0.2, -0.15) is 0 Å². The molecule has 76 valence electrons. The monoisotopic (exact) mass is 183 g/mol. The Bertz CT molecular complexity index is 158. The number of likely N-dealkylation sites (tertiary alicyclic amines) is 1. The van der Waals surface area contributed by atoms with Gasteiger partial charge in [0, 0.05) is 38.8 Å². The lowest BCUT2D eigenvalue weighted by Crippen LogP contribution is -2.37. The minimum absolute atomic E-state index is 0.698. The molecule has 0 saturated carbocycles. The van der Waals surface area contributed by atoms with Crippen molar-refractivity contribution >= 4 is 0 Å². The molecule has 0 aromatic carbocycles. The van der Waals surface area contributed by atoms with Gasteiger partial charge in [0.1, 0.15) is 0 Å². The van der Waals surface area contributed by atoms with Gasteiger partial charge in [-0.3, -0.25) is 4.90 Å². The molecule has 1 aliphatic rings. The van der Waals surface area contributed by atoms with Crippen LogP contribution in [0.3, 0.4) is 0 Å². The molecule has 0 amide bonds. The Labute approximate surface area is 81.2 Å². The molecule has 0 bridgehead atoms. The Balaban J connectivity index is 2.27. The Morgan fingerprint density at radius 2 is 2.46 bits per heavy atom. The van der Waals surface area contributed by atoms with Crippen LogP contribution in [0.1, 0.15) is 6.42 Å². The van der Waals surface area contributed by atoms with E-state index in [1.54, 1.807) is 0 Å². The van der Waals surface area contributed by atoms with Crippen LogP contribution in [0, 0.1) is 0 Å². The van der Waals surface area contributed by atoms with E-state index < -0.39 is 0 Å². The molecule has 1 aliphatic heterocycles. The molecule has 0 spiro atoms. The second kappa shape index (κ2) is 5.37. The normalized spacial score (nSPS) is 24.1. The van der Waals surface area contributed by atoms with Crippen molar-refractivity contribution in [3.63, 3.8) is 0 Å². The standard InChI is InChI=1S/C10H21N3/c1-3-6-13-7-4-10(9-13)12(2)8-5-11/h3,10H,1,4-9,11H2,2H3. The molecule has 1 rings (SSSR count). The minimum atomic E-state index is 0.698. The van der Waals surface area contributed by atoms with Gasteiger partial charge in [-0.1, -0.05) is 6.08 Å². The van der Waals surface area contributed by atoms with Gasteiger partial charge in [-0.15, -0.1) is 6.58 Å². The van der Waals surface area contributed by atoms with Crippen molar-refractivity contribution in [1.82, 2.24) is 9.80 Å². The summed E-state index contributed by atoms with van der Waals surface area (Å²) in [4.78, 5) is 4.80. The zero-order valence-corrected chi connectivity index (χ0v) is 8.58.